The predicted molar refractivity (Wildman–Crippen MR) is 55.0 cm³/mol. The Labute approximate surface area is 85.8 Å². The lowest BCUT2D eigenvalue weighted by atomic mass is 10.7. The van der Waals surface area contributed by atoms with E-state index in [2.05, 4.69) is 0 Å². The second kappa shape index (κ2) is 3.18. The van der Waals surface area contributed by atoms with Crippen LogP contribution in [0.4, 0.5) is 4.79 Å². The average Bonchev–Trinajstić information content (AvgIpc) is 1.97. The van der Waals surface area contributed by atoms with Crippen LogP contribution < -0.4 is 0 Å². The molecule has 0 aromatic rings. The van der Waals surface area contributed by atoms with E-state index in [1.165, 1.54) is 9.57 Å². The van der Waals surface area contributed by atoms with Crippen molar-refractivity contribution in [2.45, 2.75) is 0 Å². The molecule has 0 radical (unpaired) electrons. The van der Waals surface area contributed by atoms with E-state index in [1.54, 1.807) is 19.9 Å². The molecule has 1 unspecified atom stereocenters. The standard InChI is InChI=1S/C5H7Cl2N2OPS/c1-8-4(6)3-11(7,12)9(2)5(8)10/h3H,1-2H3. The molecule has 3 nitrogen and oxygen atoms in total. The molecule has 0 fully saturated rings. The summed E-state index contributed by atoms with van der Waals surface area (Å²) in [6.45, 7) is 0. The van der Waals surface area contributed by atoms with Crippen molar-refractivity contribution in [2.75, 3.05) is 14.1 Å². The van der Waals surface area contributed by atoms with Gasteiger partial charge >= 0.3 is 6.03 Å². The van der Waals surface area contributed by atoms with Crippen LogP contribution in [0.5, 0.6) is 0 Å². The van der Waals surface area contributed by atoms with Gasteiger partial charge in [0.1, 0.15) is 10.7 Å². The Morgan fingerprint density at radius 2 is 2.08 bits per heavy atom. The fraction of sp³-hybridized carbons (Fsp3) is 0.400. The smallest absolute Gasteiger partial charge is 0.287 e. The second-order valence-corrected chi connectivity index (χ2v) is 8.51. The van der Waals surface area contributed by atoms with Gasteiger partial charge in [0.05, 0.1) is 0 Å². The van der Waals surface area contributed by atoms with Crippen LogP contribution >= 0.6 is 28.4 Å². The topological polar surface area (TPSA) is 23.6 Å². The highest BCUT2D eigenvalue weighted by Gasteiger charge is 2.31. The van der Waals surface area contributed by atoms with Crippen LogP contribution in [-0.2, 0) is 11.8 Å². The van der Waals surface area contributed by atoms with Gasteiger partial charge in [-0.15, -0.1) is 0 Å². The van der Waals surface area contributed by atoms with Crippen LogP contribution in [-0.4, -0.2) is 29.7 Å². The molecule has 1 heterocycles. The number of urea groups is 1. The van der Waals surface area contributed by atoms with Gasteiger partial charge in [-0.25, -0.2) is 4.79 Å². The molecule has 0 saturated carbocycles. The SMILES string of the molecule is CN1C(=O)N(C)P(=S)(Cl)C=C1Cl. The number of carbonyl (C=O) groups is 1. The van der Waals surface area contributed by atoms with Crippen molar-refractivity contribution in [2.24, 2.45) is 0 Å². The Morgan fingerprint density at radius 1 is 1.58 bits per heavy atom. The molecule has 0 aliphatic carbocycles. The third-order valence-electron chi connectivity index (χ3n) is 1.56. The maximum atomic E-state index is 11.4. The summed E-state index contributed by atoms with van der Waals surface area (Å²) < 4.78 is 1.34. The first-order chi connectivity index (χ1) is 5.36. The molecule has 1 aliphatic rings. The Kier molecular flexibility index (Phi) is 2.74. The molecule has 1 atom stereocenters. The third-order valence-corrected chi connectivity index (χ3v) is 5.65. The van der Waals surface area contributed by atoms with Crippen molar-refractivity contribution in [1.82, 2.24) is 9.57 Å². The summed E-state index contributed by atoms with van der Waals surface area (Å²) in [6.07, 6.45) is 0. The summed E-state index contributed by atoms with van der Waals surface area (Å²) in [4.78, 5) is 12.7. The maximum Gasteiger partial charge on any atom is 0.329 e. The molecule has 0 bridgehead atoms. The zero-order valence-corrected chi connectivity index (χ0v) is 9.71. The van der Waals surface area contributed by atoms with E-state index in [9.17, 15) is 4.79 Å². The van der Waals surface area contributed by atoms with E-state index in [0.29, 0.717) is 5.16 Å². The summed E-state index contributed by atoms with van der Waals surface area (Å²) in [6, 6.07) is -0.263. The van der Waals surface area contributed by atoms with Gasteiger partial charge in [0, 0.05) is 19.9 Å². The second-order valence-electron chi connectivity index (χ2n) is 2.36. The molecule has 0 N–H and O–H groups in total. The molecule has 1 rings (SSSR count). The molecule has 0 saturated heterocycles. The first-order valence-electron chi connectivity index (χ1n) is 3.06. The van der Waals surface area contributed by atoms with Crippen LogP contribution in [0, 0.1) is 0 Å². The van der Waals surface area contributed by atoms with Gasteiger partial charge in [-0.05, 0) is 0 Å². The van der Waals surface area contributed by atoms with Crippen LogP contribution in [0.15, 0.2) is 11.0 Å². The summed E-state index contributed by atoms with van der Waals surface area (Å²) >= 11 is 16.7. The van der Waals surface area contributed by atoms with Gasteiger partial charge in [0.2, 0.25) is 0 Å². The Hall–Kier alpha value is 0.240. The van der Waals surface area contributed by atoms with Crippen molar-refractivity contribution in [3.05, 3.63) is 11.0 Å². The fourth-order valence-electron chi connectivity index (χ4n) is 0.730. The van der Waals surface area contributed by atoms with Crippen molar-refractivity contribution >= 4 is 46.2 Å². The number of hydrogen-bond acceptors (Lipinski definition) is 2. The van der Waals surface area contributed by atoms with E-state index in [4.69, 9.17) is 34.6 Å². The molecular formula is C5H7Cl2N2OPS. The third kappa shape index (κ3) is 1.62. The quantitative estimate of drug-likeness (QED) is 0.483. The van der Waals surface area contributed by atoms with Crippen molar-refractivity contribution in [3.63, 3.8) is 0 Å². The molecule has 1 aliphatic heterocycles. The van der Waals surface area contributed by atoms with Gasteiger partial charge < -0.3 is 0 Å². The monoisotopic (exact) mass is 244 g/mol. The van der Waals surface area contributed by atoms with Gasteiger partial charge in [0.15, 0.2) is 0 Å². The Bertz CT molecular complexity index is 306. The summed E-state index contributed by atoms with van der Waals surface area (Å²) in [7, 11) is 3.15. The fourth-order valence-corrected chi connectivity index (χ4v) is 3.51. The number of hydrogen-bond donors (Lipinski definition) is 0. The first kappa shape index (κ1) is 10.3. The highest BCUT2D eigenvalue weighted by atomic mass is 35.7. The number of carbonyl (C=O) groups excluding carboxylic acids is 1. The van der Waals surface area contributed by atoms with Gasteiger partial charge in [-0.2, -0.15) is 0 Å². The van der Waals surface area contributed by atoms with Gasteiger partial charge in [0.25, 0.3) is 0 Å². The average molecular weight is 245 g/mol. The highest BCUT2D eigenvalue weighted by molar-refractivity contribution is 8.27. The van der Waals surface area contributed by atoms with E-state index in [0.717, 1.165) is 0 Å². The molecule has 12 heavy (non-hydrogen) atoms. The molecule has 7 heteroatoms. The Balaban J connectivity index is 3.17. The molecule has 2 amide bonds. The Morgan fingerprint density at radius 3 is 2.58 bits per heavy atom. The first-order valence-corrected chi connectivity index (χ1v) is 7.16. The minimum absolute atomic E-state index is 0.263. The number of rotatable bonds is 0. The summed E-state index contributed by atoms with van der Waals surface area (Å²) in [5, 5.41) is 0.302. The zero-order chi connectivity index (χ0) is 9.52. The predicted octanol–water partition coefficient (Wildman–Crippen LogP) is 2.57. The highest BCUT2D eigenvalue weighted by Crippen LogP contribution is 2.59. The normalized spacial score (nSPS) is 30.7. The van der Waals surface area contributed by atoms with Crippen molar-refractivity contribution in [1.29, 1.82) is 0 Å². The lowest BCUT2D eigenvalue weighted by molar-refractivity contribution is 0.207. The van der Waals surface area contributed by atoms with Gasteiger partial charge in [-0.1, -0.05) is 34.6 Å². The lowest BCUT2D eigenvalue weighted by Crippen LogP contribution is -2.37. The van der Waals surface area contributed by atoms with E-state index in [1.807, 2.05) is 0 Å². The van der Waals surface area contributed by atoms with Crippen molar-refractivity contribution < 1.29 is 4.79 Å². The van der Waals surface area contributed by atoms with Crippen molar-refractivity contribution in [3.8, 4) is 0 Å². The number of nitrogens with zero attached hydrogens (tertiary/aromatic N) is 2. The molecule has 0 spiro atoms. The van der Waals surface area contributed by atoms with E-state index in [-0.39, 0.29) is 6.03 Å². The summed E-state index contributed by atoms with van der Waals surface area (Å²) in [5.74, 6) is 1.55. The van der Waals surface area contributed by atoms with Crippen LogP contribution in [0.1, 0.15) is 0 Å². The van der Waals surface area contributed by atoms with E-state index < -0.39 is 5.54 Å². The van der Waals surface area contributed by atoms with Crippen LogP contribution in [0.25, 0.3) is 0 Å². The lowest BCUT2D eigenvalue weighted by Gasteiger charge is -2.33. The minimum atomic E-state index is -2.37. The maximum absolute atomic E-state index is 11.4. The summed E-state index contributed by atoms with van der Waals surface area (Å²) in [5.41, 5.74) is -2.37. The number of halogens is 2. The largest absolute Gasteiger partial charge is 0.329 e. The molecular weight excluding hydrogens is 238 g/mol. The zero-order valence-electron chi connectivity index (χ0n) is 6.49. The molecule has 68 valence electrons. The van der Waals surface area contributed by atoms with Gasteiger partial charge in [-0.3, -0.25) is 9.57 Å². The minimum Gasteiger partial charge on any atom is -0.287 e. The number of amides is 2. The van der Waals surface area contributed by atoms with Crippen LogP contribution in [0.2, 0.25) is 0 Å². The molecule has 0 aromatic heterocycles. The van der Waals surface area contributed by atoms with E-state index >= 15 is 0 Å². The van der Waals surface area contributed by atoms with Crippen LogP contribution in [0.3, 0.4) is 0 Å². The molecule has 0 aromatic carbocycles.